The number of nitrogens with one attached hydrogen (secondary N) is 1. The Morgan fingerprint density at radius 1 is 1.00 bits per heavy atom. The van der Waals surface area contributed by atoms with E-state index in [1.165, 1.54) is 70.6 Å². The molecule has 4 rings (SSSR count). The van der Waals surface area contributed by atoms with E-state index in [2.05, 4.69) is 53.1 Å². The summed E-state index contributed by atoms with van der Waals surface area (Å²) in [6, 6.07) is 0.724. The fraction of sp³-hybridized carbons (Fsp3) is 0.929. The number of hydrogen-bond donors (Lipinski definition) is 1. The van der Waals surface area contributed by atoms with Gasteiger partial charge in [0.05, 0.1) is 0 Å². The van der Waals surface area contributed by atoms with E-state index in [1.54, 1.807) is 0 Å². The second-order valence-corrected chi connectivity index (χ2v) is 12.5. The van der Waals surface area contributed by atoms with Crippen LogP contribution in [-0.2, 0) is 0 Å². The molecular weight excluding hydrogens is 350 g/mol. The summed E-state index contributed by atoms with van der Waals surface area (Å²) >= 11 is 0. The van der Waals surface area contributed by atoms with Gasteiger partial charge in [-0.15, -0.1) is 0 Å². The van der Waals surface area contributed by atoms with Crippen molar-refractivity contribution in [2.75, 3.05) is 7.05 Å². The first-order valence-electron chi connectivity index (χ1n) is 13.2. The first kappa shape index (κ1) is 21.9. The third kappa shape index (κ3) is 3.77. The second kappa shape index (κ2) is 8.33. The first-order chi connectivity index (χ1) is 13.8. The fourth-order valence-electron chi connectivity index (χ4n) is 8.93. The molecule has 0 aromatic rings. The Bertz CT molecular complexity index is 605. The zero-order chi connectivity index (χ0) is 20.8. The number of rotatable bonds is 6. The van der Waals surface area contributed by atoms with Crippen LogP contribution in [0.4, 0.5) is 0 Å². The maximum absolute atomic E-state index is 3.57. The SMILES string of the molecule is CN[C@H]1CCC2(C)C(=CCC3C2CCC2(C)C([C@H](C)CCCC(C)C)CC[C@@H]32)C1. The maximum Gasteiger partial charge on any atom is 0.0102 e. The van der Waals surface area contributed by atoms with E-state index in [9.17, 15) is 0 Å². The van der Waals surface area contributed by atoms with Crippen LogP contribution < -0.4 is 5.32 Å². The van der Waals surface area contributed by atoms with Gasteiger partial charge < -0.3 is 5.32 Å². The zero-order valence-electron chi connectivity index (χ0n) is 20.4. The van der Waals surface area contributed by atoms with Gasteiger partial charge in [-0.3, -0.25) is 0 Å². The zero-order valence-corrected chi connectivity index (χ0v) is 20.4. The Kier molecular flexibility index (Phi) is 6.29. The van der Waals surface area contributed by atoms with Crippen molar-refractivity contribution in [3.05, 3.63) is 11.6 Å². The normalized spacial score (nSPS) is 45.3. The summed E-state index contributed by atoms with van der Waals surface area (Å²) < 4.78 is 0. The molecule has 1 heteroatoms. The van der Waals surface area contributed by atoms with Gasteiger partial charge in [0.2, 0.25) is 0 Å². The van der Waals surface area contributed by atoms with E-state index in [0.717, 1.165) is 41.5 Å². The summed E-state index contributed by atoms with van der Waals surface area (Å²) in [5.74, 6) is 5.72. The van der Waals surface area contributed by atoms with Crippen molar-refractivity contribution < 1.29 is 0 Å². The maximum atomic E-state index is 3.57. The fourth-order valence-corrected chi connectivity index (χ4v) is 8.93. The van der Waals surface area contributed by atoms with Crippen molar-refractivity contribution in [1.82, 2.24) is 5.32 Å². The van der Waals surface area contributed by atoms with Crippen LogP contribution >= 0.6 is 0 Å². The van der Waals surface area contributed by atoms with E-state index in [4.69, 9.17) is 0 Å². The minimum Gasteiger partial charge on any atom is -0.317 e. The minimum atomic E-state index is 0.512. The van der Waals surface area contributed by atoms with Gasteiger partial charge in [0.15, 0.2) is 0 Å². The highest BCUT2D eigenvalue weighted by atomic mass is 14.9. The van der Waals surface area contributed by atoms with Crippen LogP contribution in [-0.4, -0.2) is 13.1 Å². The van der Waals surface area contributed by atoms with Crippen LogP contribution in [0.25, 0.3) is 0 Å². The average Bonchev–Trinajstić information content (AvgIpc) is 3.04. The van der Waals surface area contributed by atoms with Crippen molar-refractivity contribution in [1.29, 1.82) is 0 Å². The lowest BCUT2D eigenvalue weighted by Crippen LogP contribution is -2.51. The summed E-state index contributed by atoms with van der Waals surface area (Å²) in [4.78, 5) is 0. The van der Waals surface area contributed by atoms with Gasteiger partial charge in [0.25, 0.3) is 0 Å². The van der Waals surface area contributed by atoms with Gasteiger partial charge in [0, 0.05) is 6.04 Å². The number of allylic oxidation sites excluding steroid dienone is 1. The molecule has 3 fully saturated rings. The third-order valence-electron chi connectivity index (χ3n) is 10.7. The Hall–Kier alpha value is -0.300. The van der Waals surface area contributed by atoms with Gasteiger partial charge in [0.1, 0.15) is 0 Å². The third-order valence-corrected chi connectivity index (χ3v) is 10.7. The largest absolute Gasteiger partial charge is 0.317 e. The van der Waals surface area contributed by atoms with Crippen LogP contribution in [0.15, 0.2) is 11.6 Å². The molecule has 0 aromatic carbocycles. The second-order valence-electron chi connectivity index (χ2n) is 12.5. The minimum absolute atomic E-state index is 0.512. The lowest BCUT2D eigenvalue weighted by Gasteiger charge is -2.58. The molecule has 0 bridgehead atoms. The Morgan fingerprint density at radius 2 is 1.79 bits per heavy atom. The Balaban J connectivity index is 1.48. The molecule has 0 radical (unpaired) electrons. The van der Waals surface area contributed by atoms with Gasteiger partial charge in [-0.05, 0) is 105 Å². The predicted octanol–water partition coefficient (Wildman–Crippen LogP) is 7.62. The van der Waals surface area contributed by atoms with Crippen molar-refractivity contribution in [3.63, 3.8) is 0 Å². The molecule has 0 spiro atoms. The van der Waals surface area contributed by atoms with Gasteiger partial charge in [-0.2, -0.15) is 0 Å². The molecule has 4 aliphatic rings. The topological polar surface area (TPSA) is 12.0 Å². The molecule has 3 saturated carbocycles. The summed E-state index contributed by atoms with van der Waals surface area (Å²) in [6.45, 7) is 12.8. The molecule has 29 heavy (non-hydrogen) atoms. The predicted molar refractivity (Wildman–Crippen MR) is 126 cm³/mol. The molecule has 0 aliphatic heterocycles. The van der Waals surface area contributed by atoms with Crippen LogP contribution in [0, 0.1) is 46.3 Å². The van der Waals surface area contributed by atoms with Gasteiger partial charge >= 0.3 is 0 Å². The van der Waals surface area contributed by atoms with Gasteiger partial charge in [-0.1, -0.05) is 65.5 Å². The van der Waals surface area contributed by atoms with Crippen LogP contribution in [0.3, 0.4) is 0 Å². The lowest BCUT2D eigenvalue weighted by atomic mass is 9.47. The van der Waals surface area contributed by atoms with E-state index in [0.29, 0.717) is 10.8 Å². The molecule has 1 nitrogen and oxygen atoms in total. The molecular formula is C28H49N. The molecule has 0 heterocycles. The quantitative estimate of drug-likeness (QED) is 0.453. The highest BCUT2D eigenvalue weighted by Gasteiger charge is 2.59. The number of fused-ring (bicyclic) bond motifs is 5. The van der Waals surface area contributed by atoms with E-state index in [-0.39, 0.29) is 0 Å². The molecule has 8 atom stereocenters. The molecule has 0 saturated heterocycles. The van der Waals surface area contributed by atoms with Gasteiger partial charge in [-0.25, -0.2) is 0 Å². The smallest absolute Gasteiger partial charge is 0.0102 e. The molecule has 5 unspecified atom stereocenters. The van der Waals surface area contributed by atoms with Crippen molar-refractivity contribution in [3.8, 4) is 0 Å². The highest BCUT2D eigenvalue weighted by Crippen LogP contribution is 2.67. The molecule has 1 N–H and O–H groups in total. The van der Waals surface area contributed by atoms with E-state index in [1.807, 2.05) is 5.57 Å². The van der Waals surface area contributed by atoms with Crippen LogP contribution in [0.5, 0.6) is 0 Å². The molecule has 4 aliphatic carbocycles. The van der Waals surface area contributed by atoms with Crippen LogP contribution in [0.1, 0.15) is 105 Å². The average molecular weight is 400 g/mol. The standard InChI is InChI=1S/C28H49N/c1-19(2)8-7-9-20(3)24-12-13-25-23-11-10-21-18-22(29-6)14-16-27(21,4)26(23)15-17-28(24,25)5/h10,19-20,22-26,29H,7-9,11-18H2,1-6H3/t20-,22+,23?,24?,25+,26?,27?,28?/m1/s1. The summed E-state index contributed by atoms with van der Waals surface area (Å²) in [5, 5.41) is 3.57. The van der Waals surface area contributed by atoms with Crippen molar-refractivity contribution in [2.45, 2.75) is 111 Å². The Morgan fingerprint density at radius 3 is 2.52 bits per heavy atom. The van der Waals surface area contributed by atoms with Crippen molar-refractivity contribution >= 4 is 0 Å². The molecule has 0 amide bonds. The van der Waals surface area contributed by atoms with Crippen LogP contribution in [0.2, 0.25) is 0 Å². The first-order valence-corrected chi connectivity index (χ1v) is 13.2. The highest BCUT2D eigenvalue weighted by molar-refractivity contribution is 5.25. The molecule has 0 aromatic heterocycles. The summed E-state index contributed by atoms with van der Waals surface area (Å²) in [5.41, 5.74) is 2.96. The Labute approximate surface area is 181 Å². The lowest BCUT2D eigenvalue weighted by molar-refractivity contribution is -0.0513. The van der Waals surface area contributed by atoms with Crippen molar-refractivity contribution in [2.24, 2.45) is 46.3 Å². The summed E-state index contributed by atoms with van der Waals surface area (Å²) in [7, 11) is 2.16. The number of hydrogen-bond acceptors (Lipinski definition) is 1. The van der Waals surface area contributed by atoms with E-state index < -0.39 is 0 Å². The monoisotopic (exact) mass is 399 g/mol. The molecule has 166 valence electrons. The van der Waals surface area contributed by atoms with E-state index >= 15 is 0 Å². The summed E-state index contributed by atoms with van der Waals surface area (Å²) in [6.07, 6.45) is 18.6.